The number of hydrogen-bond donors (Lipinski definition) is 1. The summed E-state index contributed by atoms with van der Waals surface area (Å²) in [5, 5.41) is 1.77. The summed E-state index contributed by atoms with van der Waals surface area (Å²) in [6, 6.07) is -0.257. The van der Waals surface area contributed by atoms with Crippen LogP contribution in [0.1, 0.15) is 6.92 Å². The lowest BCUT2D eigenvalue weighted by Gasteiger charge is -2.21. The fraction of sp³-hybridized carbons (Fsp3) is 0.571. The van der Waals surface area contributed by atoms with E-state index in [-0.39, 0.29) is 12.0 Å². The van der Waals surface area contributed by atoms with Crippen LogP contribution in [0, 0.1) is 0 Å². The van der Waals surface area contributed by atoms with Crippen molar-refractivity contribution in [2.75, 3.05) is 13.7 Å². The number of hydrogen-bond acceptors (Lipinski definition) is 4. The van der Waals surface area contributed by atoms with Crippen LogP contribution in [0.25, 0.3) is 0 Å². The molecule has 0 aromatic rings. The minimum Gasteiger partial charge on any atom is -0.467 e. The molecule has 66 valence electrons. The number of carbonyl (C=O) groups is 1. The van der Waals surface area contributed by atoms with Gasteiger partial charge in [-0.3, -0.25) is 0 Å². The van der Waals surface area contributed by atoms with Gasteiger partial charge in [0.25, 0.3) is 0 Å². The van der Waals surface area contributed by atoms with Crippen LogP contribution in [0.4, 0.5) is 0 Å². The van der Waals surface area contributed by atoms with E-state index in [0.717, 1.165) is 6.54 Å². The predicted octanol–water partition coefficient (Wildman–Crippen LogP) is -1.16. The molecule has 0 saturated carbocycles. The Morgan fingerprint density at radius 1 is 1.92 bits per heavy atom. The normalized spacial score (nSPS) is 18.8. The summed E-state index contributed by atoms with van der Waals surface area (Å²) in [5.41, 5.74) is 4.27. The van der Waals surface area contributed by atoms with Crippen LogP contribution in [0.15, 0.2) is 11.7 Å². The average Bonchev–Trinajstić information content (AvgIpc) is 2.49. The van der Waals surface area contributed by atoms with Gasteiger partial charge in [-0.05, 0) is 6.92 Å². The molecule has 12 heavy (non-hydrogen) atoms. The number of hydrazine groups is 1. The number of rotatable bonds is 2. The molecule has 1 N–H and O–H groups in total. The predicted molar refractivity (Wildman–Crippen MR) is 47.9 cm³/mol. The van der Waals surface area contributed by atoms with Crippen molar-refractivity contribution in [2.24, 2.45) is 0 Å². The second-order valence-electron chi connectivity index (χ2n) is 2.92. The van der Waals surface area contributed by atoms with Gasteiger partial charge in [0.1, 0.15) is 13.9 Å². The topological polar surface area (TPSA) is 41.6 Å². The molecule has 0 fully saturated rings. The van der Waals surface area contributed by atoms with Crippen molar-refractivity contribution in [2.45, 2.75) is 13.0 Å². The zero-order valence-corrected chi connectivity index (χ0v) is 7.63. The Morgan fingerprint density at radius 3 is 3.00 bits per heavy atom. The van der Waals surface area contributed by atoms with E-state index in [2.05, 4.69) is 10.2 Å². The fourth-order valence-corrected chi connectivity index (χ4v) is 1.08. The summed E-state index contributed by atoms with van der Waals surface area (Å²) in [7, 11) is 3.41. The average molecular weight is 168 g/mol. The first kappa shape index (κ1) is 9.13. The first-order valence-electron chi connectivity index (χ1n) is 3.92. The van der Waals surface area contributed by atoms with Gasteiger partial charge >= 0.3 is 5.97 Å². The minimum atomic E-state index is -0.257. The molecule has 1 heterocycles. The van der Waals surface area contributed by atoms with Crippen LogP contribution in [0.2, 0.25) is 0 Å². The molecule has 1 aliphatic heterocycles. The molecule has 0 aliphatic carbocycles. The lowest BCUT2D eigenvalue weighted by molar-refractivity contribution is -0.146. The molecule has 1 unspecified atom stereocenters. The van der Waals surface area contributed by atoms with Crippen molar-refractivity contribution in [1.82, 2.24) is 10.4 Å². The largest absolute Gasteiger partial charge is 0.467 e. The van der Waals surface area contributed by atoms with Crippen LogP contribution in [-0.2, 0) is 9.53 Å². The number of nitrogens with zero attached hydrogens (tertiary/aromatic N) is 1. The molecule has 0 aromatic heterocycles. The maximum absolute atomic E-state index is 11.1. The highest BCUT2D eigenvalue weighted by Gasteiger charge is 2.21. The lowest BCUT2D eigenvalue weighted by atomic mass is 9.98. The summed E-state index contributed by atoms with van der Waals surface area (Å²) in [6.07, 6.45) is 1.92. The van der Waals surface area contributed by atoms with Crippen LogP contribution >= 0.6 is 0 Å². The van der Waals surface area contributed by atoms with Crippen molar-refractivity contribution in [3.63, 3.8) is 0 Å². The highest BCUT2D eigenvalue weighted by Crippen LogP contribution is 2.05. The third-order valence-corrected chi connectivity index (χ3v) is 1.86. The number of methoxy groups -OCH3 is 1. The Balaban J connectivity index is 2.54. The van der Waals surface area contributed by atoms with Gasteiger partial charge in [0.05, 0.1) is 7.11 Å². The van der Waals surface area contributed by atoms with E-state index in [9.17, 15) is 4.79 Å². The molecule has 1 aliphatic rings. The first-order valence-corrected chi connectivity index (χ1v) is 3.92. The van der Waals surface area contributed by atoms with Crippen LogP contribution in [0.5, 0.6) is 0 Å². The van der Waals surface area contributed by atoms with Crippen LogP contribution < -0.4 is 5.43 Å². The van der Waals surface area contributed by atoms with E-state index >= 15 is 0 Å². The van der Waals surface area contributed by atoms with Gasteiger partial charge in [-0.2, -0.15) is 0 Å². The highest BCUT2D eigenvalue weighted by molar-refractivity contribution is 6.22. The van der Waals surface area contributed by atoms with Gasteiger partial charge in [-0.1, -0.05) is 5.47 Å². The molecule has 1 atom stereocenters. The van der Waals surface area contributed by atoms with Gasteiger partial charge in [0, 0.05) is 12.7 Å². The zero-order chi connectivity index (χ0) is 9.14. The second kappa shape index (κ2) is 3.62. The first-order chi connectivity index (χ1) is 5.65. The number of esters is 1. The maximum Gasteiger partial charge on any atom is 0.329 e. The molecular formula is C7H13BN2O2. The number of nitrogens with one attached hydrogen (secondary N) is 1. The molecule has 0 aromatic carbocycles. The highest BCUT2D eigenvalue weighted by atomic mass is 16.5. The lowest BCUT2D eigenvalue weighted by Crippen LogP contribution is -2.42. The molecule has 0 radical (unpaired) electrons. The molecule has 1 rings (SSSR count). The Bertz CT molecular complexity index is 217. The quantitative estimate of drug-likeness (QED) is 0.417. The molecule has 0 amide bonds. The van der Waals surface area contributed by atoms with Crippen molar-refractivity contribution < 1.29 is 9.53 Å². The summed E-state index contributed by atoms with van der Waals surface area (Å²) in [4.78, 5) is 11.1. The van der Waals surface area contributed by atoms with E-state index in [1.54, 1.807) is 11.9 Å². The van der Waals surface area contributed by atoms with Crippen LogP contribution in [-0.4, -0.2) is 38.5 Å². The Labute approximate surface area is 72.9 Å². The molecule has 0 spiro atoms. The summed E-state index contributed by atoms with van der Waals surface area (Å²) < 4.78 is 4.61. The SMILES string of the molecule is BC1=CN(C(C)C(=O)OC)NC1. The number of ether oxygens (including phenoxy) is 1. The number of carbonyl (C=O) groups excluding carboxylic acids is 1. The fourth-order valence-electron chi connectivity index (χ4n) is 1.08. The Kier molecular flexibility index (Phi) is 2.76. The van der Waals surface area contributed by atoms with E-state index in [4.69, 9.17) is 0 Å². The van der Waals surface area contributed by atoms with Crippen molar-refractivity contribution >= 4 is 13.8 Å². The maximum atomic E-state index is 11.1. The molecule has 4 nitrogen and oxygen atoms in total. The monoisotopic (exact) mass is 168 g/mol. The van der Waals surface area contributed by atoms with E-state index in [1.807, 2.05) is 14.0 Å². The zero-order valence-electron chi connectivity index (χ0n) is 7.63. The summed E-state index contributed by atoms with van der Waals surface area (Å²) >= 11 is 0. The van der Waals surface area contributed by atoms with E-state index < -0.39 is 0 Å². The van der Waals surface area contributed by atoms with Crippen LogP contribution in [0.3, 0.4) is 0 Å². The molecular weight excluding hydrogens is 155 g/mol. The van der Waals surface area contributed by atoms with Crippen molar-refractivity contribution in [1.29, 1.82) is 0 Å². The van der Waals surface area contributed by atoms with E-state index in [1.165, 1.54) is 12.6 Å². The van der Waals surface area contributed by atoms with Crippen molar-refractivity contribution in [3.05, 3.63) is 11.7 Å². The smallest absolute Gasteiger partial charge is 0.329 e. The minimum absolute atomic E-state index is 0.228. The standard InChI is InChI=1S/C7H13BN2O2/c1-5(7(11)12-2)10-4-6(8)3-9-10/h4-5,9H,3,8H2,1-2H3. The second-order valence-corrected chi connectivity index (χ2v) is 2.92. The summed E-state index contributed by atoms with van der Waals surface area (Å²) in [5.74, 6) is -0.228. The molecule has 5 heteroatoms. The van der Waals surface area contributed by atoms with Gasteiger partial charge in [-0.15, -0.1) is 0 Å². The molecule has 0 bridgehead atoms. The Hall–Kier alpha value is -0.965. The Morgan fingerprint density at radius 2 is 2.58 bits per heavy atom. The van der Waals surface area contributed by atoms with Crippen molar-refractivity contribution in [3.8, 4) is 0 Å². The van der Waals surface area contributed by atoms with E-state index in [0.29, 0.717) is 0 Å². The van der Waals surface area contributed by atoms with Gasteiger partial charge < -0.3 is 9.75 Å². The summed E-state index contributed by atoms with van der Waals surface area (Å²) in [6.45, 7) is 2.61. The third kappa shape index (κ3) is 1.79. The molecule has 0 saturated heterocycles. The van der Waals surface area contributed by atoms with Gasteiger partial charge in [0.15, 0.2) is 0 Å². The third-order valence-electron chi connectivity index (χ3n) is 1.86. The van der Waals surface area contributed by atoms with Gasteiger partial charge in [0.2, 0.25) is 0 Å². The van der Waals surface area contributed by atoms with Gasteiger partial charge in [-0.25, -0.2) is 10.2 Å².